The summed E-state index contributed by atoms with van der Waals surface area (Å²) in [6.07, 6.45) is 0.158. The minimum Gasteiger partial charge on any atom is -0.476 e. The Morgan fingerprint density at radius 2 is 2.31 bits per heavy atom. The molecule has 88 valence electrons. The first kappa shape index (κ1) is 12.7. The average Bonchev–Trinajstić information content (AvgIpc) is 2.19. The number of hydrogen-bond acceptors (Lipinski definition) is 4. The van der Waals surface area contributed by atoms with E-state index in [4.69, 9.17) is 21.8 Å². The molecule has 1 aromatic rings. The Labute approximate surface area is 98.1 Å². The van der Waals surface area contributed by atoms with Gasteiger partial charge in [0, 0.05) is 6.54 Å². The van der Waals surface area contributed by atoms with Crippen molar-refractivity contribution in [1.82, 2.24) is 4.98 Å². The molecule has 5 nitrogen and oxygen atoms in total. The minimum atomic E-state index is -1.16. The summed E-state index contributed by atoms with van der Waals surface area (Å²) in [6.45, 7) is 2.20. The van der Waals surface area contributed by atoms with Crippen LogP contribution in [0, 0.1) is 0 Å². The van der Waals surface area contributed by atoms with Crippen molar-refractivity contribution in [2.75, 3.05) is 11.9 Å². The Bertz CT molecular complexity index is 382. The Morgan fingerprint density at radius 1 is 1.62 bits per heavy atom. The van der Waals surface area contributed by atoms with Crippen molar-refractivity contribution in [3.63, 3.8) is 0 Å². The quantitative estimate of drug-likeness (QED) is 0.733. The van der Waals surface area contributed by atoms with Gasteiger partial charge < -0.3 is 15.5 Å². The summed E-state index contributed by atoms with van der Waals surface area (Å²) in [5.41, 5.74) is -0.177. The molecule has 0 aromatic carbocycles. The van der Waals surface area contributed by atoms with E-state index in [0.29, 0.717) is 18.8 Å². The van der Waals surface area contributed by atoms with Crippen LogP contribution in [-0.4, -0.2) is 33.8 Å². The molecule has 16 heavy (non-hydrogen) atoms. The van der Waals surface area contributed by atoms with Crippen LogP contribution in [0.3, 0.4) is 0 Å². The van der Waals surface area contributed by atoms with Crippen LogP contribution in [0.2, 0.25) is 5.02 Å². The van der Waals surface area contributed by atoms with Gasteiger partial charge in [0.2, 0.25) is 0 Å². The van der Waals surface area contributed by atoms with Gasteiger partial charge in [-0.2, -0.15) is 0 Å². The molecule has 0 aliphatic heterocycles. The second-order valence-corrected chi connectivity index (χ2v) is 3.80. The largest absolute Gasteiger partial charge is 0.476 e. The van der Waals surface area contributed by atoms with Crippen molar-refractivity contribution < 1.29 is 15.0 Å². The summed E-state index contributed by atoms with van der Waals surface area (Å²) >= 11 is 5.66. The molecule has 0 aliphatic carbocycles. The molecule has 0 spiro atoms. The first-order valence-corrected chi connectivity index (χ1v) is 5.20. The number of nitrogens with one attached hydrogen (secondary N) is 1. The van der Waals surface area contributed by atoms with Gasteiger partial charge in [-0.05, 0) is 25.5 Å². The van der Waals surface area contributed by atoms with Gasteiger partial charge in [-0.1, -0.05) is 11.6 Å². The second-order valence-electron chi connectivity index (χ2n) is 3.40. The third-order valence-electron chi connectivity index (χ3n) is 1.92. The zero-order valence-electron chi connectivity index (χ0n) is 8.77. The van der Waals surface area contributed by atoms with Crippen molar-refractivity contribution in [2.24, 2.45) is 0 Å². The second kappa shape index (κ2) is 5.67. The number of rotatable bonds is 5. The fourth-order valence-electron chi connectivity index (χ4n) is 1.10. The van der Waals surface area contributed by atoms with Crippen molar-refractivity contribution in [1.29, 1.82) is 0 Å². The highest BCUT2D eigenvalue weighted by Crippen LogP contribution is 2.16. The van der Waals surface area contributed by atoms with Crippen LogP contribution in [0.5, 0.6) is 0 Å². The number of carboxylic acids is 1. The molecule has 1 unspecified atom stereocenters. The standard InChI is InChI=1S/C10H13ClN2O3/c1-6(14)4-5-12-8-3-2-7(11)9(13-8)10(15)16/h2-3,6,14H,4-5H2,1H3,(H,12,13)(H,15,16). The number of aromatic carboxylic acids is 1. The number of carbonyl (C=O) groups is 1. The zero-order chi connectivity index (χ0) is 12.1. The number of nitrogens with zero attached hydrogens (tertiary/aromatic N) is 1. The first-order chi connectivity index (χ1) is 7.50. The Balaban J connectivity index is 2.68. The smallest absolute Gasteiger partial charge is 0.356 e. The molecule has 0 saturated heterocycles. The molecule has 1 heterocycles. The number of halogens is 1. The molecule has 1 atom stereocenters. The molecule has 0 aliphatic rings. The Kier molecular flexibility index (Phi) is 4.52. The Morgan fingerprint density at radius 3 is 2.88 bits per heavy atom. The van der Waals surface area contributed by atoms with Crippen LogP contribution in [-0.2, 0) is 0 Å². The van der Waals surface area contributed by atoms with E-state index in [1.807, 2.05) is 0 Å². The third-order valence-corrected chi connectivity index (χ3v) is 2.22. The van der Waals surface area contributed by atoms with Gasteiger partial charge >= 0.3 is 5.97 Å². The van der Waals surface area contributed by atoms with Crippen molar-refractivity contribution >= 4 is 23.4 Å². The molecular formula is C10H13ClN2O3. The van der Waals surface area contributed by atoms with Crippen molar-refractivity contribution in [2.45, 2.75) is 19.4 Å². The van der Waals surface area contributed by atoms with Gasteiger partial charge in [0.1, 0.15) is 5.82 Å². The maximum atomic E-state index is 10.7. The summed E-state index contributed by atoms with van der Waals surface area (Å²) in [5, 5.41) is 20.8. The molecular weight excluding hydrogens is 232 g/mol. The fourth-order valence-corrected chi connectivity index (χ4v) is 1.29. The maximum absolute atomic E-state index is 10.7. The summed E-state index contributed by atoms with van der Waals surface area (Å²) in [7, 11) is 0. The van der Waals surface area contributed by atoms with Gasteiger partial charge in [0.25, 0.3) is 0 Å². The highest BCUT2D eigenvalue weighted by molar-refractivity contribution is 6.33. The van der Waals surface area contributed by atoms with Gasteiger partial charge in [-0.3, -0.25) is 0 Å². The molecule has 3 N–H and O–H groups in total. The number of aromatic nitrogens is 1. The number of hydrogen-bond donors (Lipinski definition) is 3. The minimum absolute atomic E-state index is 0.105. The normalized spacial score (nSPS) is 12.2. The molecule has 0 bridgehead atoms. The number of pyridine rings is 1. The lowest BCUT2D eigenvalue weighted by atomic mass is 10.3. The summed E-state index contributed by atoms with van der Waals surface area (Å²) in [6, 6.07) is 3.07. The van der Waals surface area contributed by atoms with Crippen LogP contribution < -0.4 is 5.32 Å². The van der Waals surface area contributed by atoms with Gasteiger partial charge in [-0.25, -0.2) is 9.78 Å². The lowest BCUT2D eigenvalue weighted by Gasteiger charge is -2.08. The van der Waals surface area contributed by atoms with E-state index in [0.717, 1.165) is 0 Å². The average molecular weight is 245 g/mol. The number of aliphatic hydroxyl groups is 1. The van der Waals surface area contributed by atoms with Crippen LogP contribution in [0.25, 0.3) is 0 Å². The van der Waals surface area contributed by atoms with Gasteiger partial charge in [0.05, 0.1) is 11.1 Å². The molecule has 0 fully saturated rings. The SMILES string of the molecule is CC(O)CCNc1ccc(Cl)c(C(=O)O)n1. The van der Waals surface area contributed by atoms with E-state index >= 15 is 0 Å². The molecule has 0 amide bonds. The Hall–Kier alpha value is -1.33. The number of anilines is 1. The highest BCUT2D eigenvalue weighted by atomic mass is 35.5. The van der Waals surface area contributed by atoms with Crippen LogP contribution in [0.1, 0.15) is 23.8 Å². The van der Waals surface area contributed by atoms with Crippen LogP contribution in [0.4, 0.5) is 5.82 Å². The lowest BCUT2D eigenvalue weighted by molar-refractivity contribution is 0.0691. The monoisotopic (exact) mass is 244 g/mol. The predicted molar refractivity (Wildman–Crippen MR) is 61.0 cm³/mol. The number of aliphatic hydroxyl groups excluding tert-OH is 1. The van der Waals surface area contributed by atoms with E-state index in [-0.39, 0.29) is 10.7 Å². The molecule has 1 rings (SSSR count). The number of carboxylic acid groups (broad SMARTS) is 1. The summed E-state index contributed by atoms with van der Waals surface area (Å²) in [4.78, 5) is 14.6. The van der Waals surface area contributed by atoms with E-state index in [1.54, 1.807) is 13.0 Å². The van der Waals surface area contributed by atoms with Crippen molar-refractivity contribution in [3.05, 3.63) is 22.8 Å². The first-order valence-electron chi connectivity index (χ1n) is 4.82. The van der Waals surface area contributed by atoms with Gasteiger partial charge in [0.15, 0.2) is 5.69 Å². The van der Waals surface area contributed by atoms with Gasteiger partial charge in [-0.15, -0.1) is 0 Å². The predicted octanol–water partition coefficient (Wildman–Crippen LogP) is 1.62. The highest BCUT2D eigenvalue weighted by Gasteiger charge is 2.11. The summed E-state index contributed by atoms with van der Waals surface area (Å²) < 4.78 is 0. The topological polar surface area (TPSA) is 82.5 Å². The molecule has 1 aromatic heterocycles. The molecule has 0 radical (unpaired) electrons. The van der Waals surface area contributed by atoms with Crippen LogP contribution >= 0.6 is 11.6 Å². The molecule has 0 saturated carbocycles. The lowest BCUT2D eigenvalue weighted by Crippen LogP contribution is -2.12. The van der Waals surface area contributed by atoms with Crippen LogP contribution in [0.15, 0.2) is 12.1 Å². The van der Waals surface area contributed by atoms with Crippen molar-refractivity contribution in [3.8, 4) is 0 Å². The van der Waals surface area contributed by atoms with E-state index in [1.165, 1.54) is 6.07 Å². The molecule has 6 heteroatoms. The summed E-state index contributed by atoms with van der Waals surface area (Å²) in [5.74, 6) is -0.730. The van der Waals surface area contributed by atoms with E-state index in [2.05, 4.69) is 10.3 Å². The van der Waals surface area contributed by atoms with E-state index < -0.39 is 12.1 Å². The third kappa shape index (κ3) is 3.67. The maximum Gasteiger partial charge on any atom is 0.356 e. The zero-order valence-corrected chi connectivity index (χ0v) is 9.53. The van der Waals surface area contributed by atoms with E-state index in [9.17, 15) is 4.79 Å². The fraction of sp³-hybridized carbons (Fsp3) is 0.400.